The predicted molar refractivity (Wildman–Crippen MR) is 127 cm³/mol. The van der Waals surface area contributed by atoms with Crippen LogP contribution in [0.3, 0.4) is 0 Å². The number of nitrogens with one attached hydrogen (secondary N) is 2. The largest absolute Gasteiger partial charge is 0.343 e. The molecule has 10 heteroatoms. The van der Waals surface area contributed by atoms with Gasteiger partial charge in [0, 0.05) is 30.5 Å². The van der Waals surface area contributed by atoms with E-state index in [0.717, 1.165) is 5.69 Å². The first kappa shape index (κ1) is 21.8. The maximum atomic E-state index is 13.4. The molecular weight excluding hydrogens is 449 g/mol. The van der Waals surface area contributed by atoms with Crippen LogP contribution in [0.15, 0.2) is 97.7 Å². The molecule has 0 atom stereocenters. The van der Waals surface area contributed by atoms with Gasteiger partial charge in [-0.1, -0.05) is 0 Å². The Hall–Kier alpha value is -4.99. The van der Waals surface area contributed by atoms with Crippen molar-refractivity contribution in [3.05, 3.63) is 109 Å². The normalized spacial score (nSPS) is 10.8. The first-order valence-electron chi connectivity index (χ1n) is 10.7. The number of carbonyl (C=O) groups excluding carboxylic acids is 2. The van der Waals surface area contributed by atoms with Crippen LogP contribution < -0.4 is 10.6 Å². The number of amides is 2. The highest BCUT2D eigenvalue weighted by molar-refractivity contribution is 6.01. The van der Waals surface area contributed by atoms with E-state index in [0.29, 0.717) is 17.2 Å². The standard InChI is InChI=1S/C25H20FN7O2/c26-18-4-8-21(9-5-18)33-25(31-13-1-2-14-31)22(16-29-33)24(35)27-17-23(34)30-19-6-10-20(11-7-19)32-15-3-12-28-32/h1-16H,17H2,(H,27,35)(H,30,34). The average Bonchev–Trinajstić information content (AvgIpc) is 3.65. The first-order chi connectivity index (χ1) is 17.1. The Morgan fingerprint density at radius 3 is 2.26 bits per heavy atom. The lowest BCUT2D eigenvalue weighted by Crippen LogP contribution is -2.33. The summed E-state index contributed by atoms with van der Waals surface area (Å²) >= 11 is 0. The molecule has 0 aliphatic heterocycles. The molecule has 2 amide bonds. The van der Waals surface area contributed by atoms with Crippen molar-refractivity contribution >= 4 is 17.5 Å². The van der Waals surface area contributed by atoms with Crippen LogP contribution in [0.2, 0.25) is 0 Å². The van der Waals surface area contributed by atoms with Crippen molar-refractivity contribution in [2.45, 2.75) is 0 Å². The lowest BCUT2D eigenvalue weighted by Gasteiger charge is -2.11. The summed E-state index contributed by atoms with van der Waals surface area (Å²) in [7, 11) is 0. The maximum Gasteiger partial charge on any atom is 0.257 e. The van der Waals surface area contributed by atoms with Gasteiger partial charge in [0.2, 0.25) is 5.91 Å². The number of halogens is 1. The van der Waals surface area contributed by atoms with Gasteiger partial charge in [-0.25, -0.2) is 13.8 Å². The minimum absolute atomic E-state index is 0.230. The van der Waals surface area contributed by atoms with Crippen molar-refractivity contribution in [1.82, 2.24) is 29.4 Å². The molecule has 0 bridgehead atoms. The van der Waals surface area contributed by atoms with Crippen LogP contribution in [0.25, 0.3) is 17.2 Å². The molecule has 0 fully saturated rings. The number of carbonyl (C=O) groups is 2. The van der Waals surface area contributed by atoms with E-state index in [2.05, 4.69) is 20.8 Å². The van der Waals surface area contributed by atoms with Crippen LogP contribution in [-0.4, -0.2) is 42.5 Å². The van der Waals surface area contributed by atoms with Gasteiger partial charge in [0.25, 0.3) is 5.91 Å². The Bertz CT molecular complexity index is 1440. The molecule has 2 N–H and O–H groups in total. The lowest BCUT2D eigenvalue weighted by molar-refractivity contribution is -0.115. The third kappa shape index (κ3) is 4.71. The molecule has 3 heterocycles. The summed E-state index contributed by atoms with van der Waals surface area (Å²) in [5.41, 5.74) is 2.31. The molecule has 0 saturated carbocycles. The minimum atomic E-state index is -0.466. The quantitative estimate of drug-likeness (QED) is 0.382. The summed E-state index contributed by atoms with van der Waals surface area (Å²) in [6, 6.07) is 18.4. The number of aromatic nitrogens is 5. The maximum absolute atomic E-state index is 13.4. The summed E-state index contributed by atoms with van der Waals surface area (Å²) in [5.74, 6) is -0.748. The van der Waals surface area contributed by atoms with Gasteiger partial charge in [-0.15, -0.1) is 0 Å². The molecule has 9 nitrogen and oxygen atoms in total. The number of hydrogen-bond donors (Lipinski definition) is 2. The molecule has 0 radical (unpaired) electrons. The van der Waals surface area contributed by atoms with Gasteiger partial charge in [-0.2, -0.15) is 10.2 Å². The molecule has 35 heavy (non-hydrogen) atoms. The Labute approximate surface area is 199 Å². The fourth-order valence-corrected chi connectivity index (χ4v) is 3.58. The topological polar surface area (TPSA) is 98.8 Å². The van der Waals surface area contributed by atoms with Crippen molar-refractivity contribution in [1.29, 1.82) is 0 Å². The second-order valence-electron chi connectivity index (χ2n) is 7.59. The van der Waals surface area contributed by atoms with Crippen LogP contribution in [0, 0.1) is 5.82 Å². The van der Waals surface area contributed by atoms with Crippen LogP contribution in [0.4, 0.5) is 10.1 Å². The van der Waals surface area contributed by atoms with Crippen molar-refractivity contribution in [3.8, 4) is 17.2 Å². The van der Waals surface area contributed by atoms with Crippen molar-refractivity contribution in [3.63, 3.8) is 0 Å². The van der Waals surface area contributed by atoms with Gasteiger partial charge >= 0.3 is 0 Å². The van der Waals surface area contributed by atoms with Gasteiger partial charge < -0.3 is 15.2 Å². The van der Waals surface area contributed by atoms with E-state index in [4.69, 9.17) is 0 Å². The Kier molecular flexibility index (Phi) is 5.91. The van der Waals surface area contributed by atoms with Crippen LogP contribution in [0.5, 0.6) is 0 Å². The van der Waals surface area contributed by atoms with E-state index in [-0.39, 0.29) is 23.8 Å². The monoisotopic (exact) mass is 469 g/mol. The summed E-state index contributed by atoms with van der Waals surface area (Å²) in [6.45, 7) is -0.230. The number of benzene rings is 2. The van der Waals surface area contributed by atoms with Gasteiger partial charge in [0.15, 0.2) is 5.82 Å². The zero-order valence-corrected chi connectivity index (χ0v) is 18.4. The van der Waals surface area contributed by atoms with E-state index >= 15 is 0 Å². The summed E-state index contributed by atoms with van der Waals surface area (Å²) in [6.07, 6.45) is 8.47. The van der Waals surface area contributed by atoms with Crippen molar-refractivity contribution in [2.24, 2.45) is 0 Å². The molecule has 0 spiro atoms. The van der Waals surface area contributed by atoms with Crippen LogP contribution in [-0.2, 0) is 4.79 Å². The first-order valence-corrected chi connectivity index (χ1v) is 10.7. The summed E-state index contributed by atoms with van der Waals surface area (Å²) in [4.78, 5) is 25.4. The second kappa shape index (κ2) is 9.48. The Morgan fingerprint density at radius 2 is 1.57 bits per heavy atom. The van der Waals surface area contributed by atoms with Crippen LogP contribution >= 0.6 is 0 Å². The van der Waals surface area contributed by atoms with Crippen molar-refractivity contribution in [2.75, 3.05) is 11.9 Å². The Morgan fingerprint density at radius 1 is 0.857 bits per heavy atom. The highest BCUT2D eigenvalue weighted by Gasteiger charge is 2.20. The van der Waals surface area contributed by atoms with Gasteiger partial charge in [0.1, 0.15) is 11.4 Å². The molecule has 3 aromatic heterocycles. The zero-order chi connectivity index (χ0) is 24.2. The fourth-order valence-electron chi connectivity index (χ4n) is 3.58. The van der Waals surface area contributed by atoms with Gasteiger partial charge in [-0.05, 0) is 66.7 Å². The van der Waals surface area contributed by atoms with E-state index in [1.165, 1.54) is 23.0 Å². The second-order valence-corrected chi connectivity index (χ2v) is 7.59. The molecule has 5 aromatic rings. The number of nitrogens with zero attached hydrogens (tertiary/aromatic N) is 5. The average molecular weight is 469 g/mol. The summed E-state index contributed by atoms with van der Waals surface area (Å²) in [5, 5.41) is 13.9. The summed E-state index contributed by atoms with van der Waals surface area (Å²) < 4.78 is 18.4. The molecule has 2 aromatic carbocycles. The molecule has 0 unspecified atom stereocenters. The molecule has 0 saturated heterocycles. The lowest BCUT2D eigenvalue weighted by atomic mass is 10.2. The number of hydrogen-bond acceptors (Lipinski definition) is 4. The van der Waals surface area contributed by atoms with Gasteiger partial charge in [0.05, 0.1) is 24.1 Å². The third-order valence-electron chi connectivity index (χ3n) is 5.24. The molecule has 174 valence electrons. The molecular formula is C25H20FN7O2. The molecule has 0 aliphatic carbocycles. The van der Waals surface area contributed by atoms with Crippen LogP contribution in [0.1, 0.15) is 10.4 Å². The Balaban J connectivity index is 1.28. The van der Waals surface area contributed by atoms with E-state index in [1.54, 1.807) is 52.1 Å². The predicted octanol–water partition coefficient (Wildman–Crippen LogP) is 3.36. The third-order valence-corrected chi connectivity index (χ3v) is 5.24. The smallest absolute Gasteiger partial charge is 0.257 e. The number of anilines is 1. The molecule has 5 rings (SSSR count). The highest BCUT2D eigenvalue weighted by atomic mass is 19.1. The SMILES string of the molecule is O=C(CNC(=O)c1cnn(-c2ccc(F)cc2)c1-n1cccc1)Nc1ccc(-n2cccn2)cc1. The molecule has 0 aliphatic rings. The fraction of sp³-hybridized carbons (Fsp3) is 0.0400. The van der Waals surface area contributed by atoms with Crippen molar-refractivity contribution < 1.29 is 14.0 Å². The zero-order valence-electron chi connectivity index (χ0n) is 18.4. The highest BCUT2D eigenvalue weighted by Crippen LogP contribution is 2.20. The van der Waals surface area contributed by atoms with E-state index in [9.17, 15) is 14.0 Å². The number of rotatable bonds is 7. The van der Waals surface area contributed by atoms with E-state index in [1.807, 2.05) is 36.5 Å². The minimum Gasteiger partial charge on any atom is -0.343 e. The van der Waals surface area contributed by atoms with E-state index < -0.39 is 5.91 Å². The van der Waals surface area contributed by atoms with Gasteiger partial charge in [-0.3, -0.25) is 9.59 Å².